The van der Waals surface area contributed by atoms with Gasteiger partial charge < -0.3 is 9.84 Å². The summed E-state index contributed by atoms with van der Waals surface area (Å²) < 4.78 is 5.66. The van der Waals surface area contributed by atoms with Gasteiger partial charge in [0.25, 0.3) is 5.69 Å². The number of fused-ring (bicyclic) bond motifs is 1. The summed E-state index contributed by atoms with van der Waals surface area (Å²) in [5, 5.41) is 21.4. The zero-order valence-electron chi connectivity index (χ0n) is 12.2. The van der Waals surface area contributed by atoms with Gasteiger partial charge in [-0.1, -0.05) is 24.3 Å². The van der Waals surface area contributed by atoms with Crippen LogP contribution < -0.4 is 0 Å². The van der Waals surface area contributed by atoms with Gasteiger partial charge in [0.05, 0.1) is 18.1 Å². The first-order valence-corrected chi connectivity index (χ1v) is 7.02. The largest absolute Gasteiger partial charge is 0.506 e. The number of nitro groups is 1. The second-order valence-corrected chi connectivity index (χ2v) is 5.06. The van der Waals surface area contributed by atoms with E-state index < -0.39 is 4.92 Å². The third-order valence-corrected chi connectivity index (χ3v) is 3.49. The van der Waals surface area contributed by atoms with Gasteiger partial charge in [-0.2, -0.15) is 0 Å². The summed E-state index contributed by atoms with van der Waals surface area (Å²) in [5.41, 5.74) is 2.21. The maximum Gasteiger partial charge on any atom is 0.269 e. The first kappa shape index (κ1) is 14.9. The number of hydrogen-bond acceptors (Lipinski definition) is 5. The third kappa shape index (κ3) is 3.27. The molecule has 0 saturated carbocycles. The molecule has 0 aliphatic heterocycles. The molecule has 3 aromatic rings. The number of hydrogen-bond donors (Lipinski definition) is 1. The minimum Gasteiger partial charge on any atom is -0.506 e. The number of aromatic nitrogens is 1. The van der Waals surface area contributed by atoms with Gasteiger partial charge in [0.2, 0.25) is 0 Å². The van der Waals surface area contributed by atoms with Crippen molar-refractivity contribution in [3.05, 3.63) is 76.0 Å². The molecule has 0 unspecified atom stereocenters. The summed E-state index contributed by atoms with van der Waals surface area (Å²) in [6.07, 6.45) is 1.62. The molecule has 0 saturated heterocycles. The summed E-state index contributed by atoms with van der Waals surface area (Å²) in [6, 6.07) is 13.4. The van der Waals surface area contributed by atoms with Crippen LogP contribution in [0.5, 0.6) is 5.75 Å². The second kappa shape index (κ2) is 6.41. The number of benzene rings is 2. The van der Waals surface area contributed by atoms with Crippen LogP contribution in [0, 0.1) is 10.1 Å². The van der Waals surface area contributed by atoms with Gasteiger partial charge in [0.15, 0.2) is 0 Å². The molecular formula is C17H14N2O4. The summed E-state index contributed by atoms with van der Waals surface area (Å²) >= 11 is 0. The van der Waals surface area contributed by atoms with Crippen LogP contribution in [0.3, 0.4) is 0 Å². The molecular weight excluding hydrogens is 296 g/mol. The molecule has 1 aromatic heterocycles. The number of nitro benzene ring substituents is 1. The van der Waals surface area contributed by atoms with Crippen LogP contribution in [0.2, 0.25) is 0 Å². The van der Waals surface area contributed by atoms with E-state index in [1.165, 1.54) is 12.1 Å². The van der Waals surface area contributed by atoms with Crippen LogP contribution in [0.4, 0.5) is 5.69 Å². The lowest BCUT2D eigenvalue weighted by Crippen LogP contribution is -1.97. The molecule has 0 spiro atoms. The molecule has 0 radical (unpaired) electrons. The van der Waals surface area contributed by atoms with E-state index in [9.17, 15) is 15.2 Å². The van der Waals surface area contributed by atoms with Gasteiger partial charge in [-0.15, -0.1) is 0 Å². The van der Waals surface area contributed by atoms with E-state index in [1.807, 2.05) is 6.07 Å². The summed E-state index contributed by atoms with van der Waals surface area (Å²) in [7, 11) is 0. The number of aromatic hydroxyl groups is 1. The third-order valence-electron chi connectivity index (χ3n) is 3.49. The molecule has 0 fully saturated rings. The van der Waals surface area contributed by atoms with E-state index >= 15 is 0 Å². The zero-order chi connectivity index (χ0) is 16.2. The van der Waals surface area contributed by atoms with Crippen molar-refractivity contribution in [2.75, 3.05) is 0 Å². The lowest BCUT2D eigenvalue weighted by molar-refractivity contribution is -0.384. The molecule has 6 nitrogen and oxygen atoms in total. The van der Waals surface area contributed by atoms with Crippen molar-refractivity contribution in [3.8, 4) is 5.75 Å². The van der Waals surface area contributed by atoms with Crippen molar-refractivity contribution in [1.82, 2.24) is 4.98 Å². The number of phenolic OH excluding ortho intramolecular Hbond substituents is 1. The van der Waals surface area contributed by atoms with E-state index in [2.05, 4.69) is 4.98 Å². The van der Waals surface area contributed by atoms with Crippen LogP contribution in [0.25, 0.3) is 10.9 Å². The van der Waals surface area contributed by atoms with Gasteiger partial charge in [-0.05, 0) is 23.3 Å². The maximum absolute atomic E-state index is 10.8. The molecule has 1 N–H and O–H groups in total. The van der Waals surface area contributed by atoms with E-state index in [0.29, 0.717) is 12.1 Å². The Morgan fingerprint density at radius 1 is 1.13 bits per heavy atom. The fraction of sp³-hybridized carbons (Fsp3) is 0.118. The van der Waals surface area contributed by atoms with E-state index in [0.717, 1.165) is 16.5 Å². The van der Waals surface area contributed by atoms with Gasteiger partial charge in [0.1, 0.15) is 11.3 Å². The zero-order valence-corrected chi connectivity index (χ0v) is 12.2. The van der Waals surface area contributed by atoms with Crippen LogP contribution in [-0.4, -0.2) is 15.0 Å². The predicted octanol–water partition coefficient (Wildman–Crippen LogP) is 3.57. The lowest BCUT2D eigenvalue weighted by atomic mass is 10.1. The van der Waals surface area contributed by atoms with Crippen molar-refractivity contribution in [3.63, 3.8) is 0 Å². The Bertz CT molecular complexity index is 864. The van der Waals surface area contributed by atoms with E-state index in [-0.39, 0.29) is 18.0 Å². The fourth-order valence-electron chi connectivity index (χ4n) is 2.38. The number of non-ortho nitro benzene ring substituents is 1. The first-order chi connectivity index (χ1) is 11.1. The standard InChI is InChI=1S/C17H14N2O4/c20-16-7-6-13(15-5-2-8-18-17(15)16)11-23-10-12-3-1-4-14(9-12)19(21)22/h1-9,20H,10-11H2. The van der Waals surface area contributed by atoms with E-state index in [1.54, 1.807) is 36.5 Å². The van der Waals surface area contributed by atoms with Gasteiger partial charge in [-0.25, -0.2) is 0 Å². The van der Waals surface area contributed by atoms with Crippen LogP contribution in [0.15, 0.2) is 54.7 Å². The average Bonchev–Trinajstić information content (AvgIpc) is 2.57. The molecule has 23 heavy (non-hydrogen) atoms. The Morgan fingerprint density at radius 3 is 2.83 bits per heavy atom. The van der Waals surface area contributed by atoms with Gasteiger partial charge in [0, 0.05) is 23.7 Å². The number of pyridine rings is 1. The molecule has 0 aliphatic carbocycles. The molecule has 2 aromatic carbocycles. The highest BCUT2D eigenvalue weighted by Crippen LogP contribution is 2.26. The molecule has 6 heteroatoms. The maximum atomic E-state index is 10.8. The topological polar surface area (TPSA) is 85.5 Å². The van der Waals surface area contributed by atoms with E-state index in [4.69, 9.17) is 4.74 Å². The number of phenols is 1. The highest BCUT2D eigenvalue weighted by atomic mass is 16.6. The average molecular weight is 310 g/mol. The minimum absolute atomic E-state index is 0.0467. The fourth-order valence-corrected chi connectivity index (χ4v) is 2.38. The Labute approximate surface area is 132 Å². The van der Waals surface area contributed by atoms with Crippen LogP contribution >= 0.6 is 0 Å². The highest BCUT2D eigenvalue weighted by Gasteiger charge is 2.08. The Kier molecular flexibility index (Phi) is 4.16. The molecule has 0 bridgehead atoms. The van der Waals surface area contributed by atoms with Crippen molar-refractivity contribution in [2.24, 2.45) is 0 Å². The highest BCUT2D eigenvalue weighted by molar-refractivity contribution is 5.86. The minimum atomic E-state index is -0.428. The van der Waals surface area contributed by atoms with Crippen LogP contribution in [-0.2, 0) is 18.0 Å². The SMILES string of the molecule is O=[N+]([O-])c1cccc(COCc2ccc(O)c3ncccc23)c1. The van der Waals surface area contributed by atoms with Gasteiger partial charge in [-0.3, -0.25) is 15.1 Å². The number of nitrogens with zero attached hydrogens (tertiary/aromatic N) is 2. The summed E-state index contributed by atoms with van der Waals surface area (Å²) in [5.74, 6) is 0.128. The molecule has 0 atom stereocenters. The van der Waals surface area contributed by atoms with Gasteiger partial charge >= 0.3 is 0 Å². The summed E-state index contributed by atoms with van der Waals surface area (Å²) in [4.78, 5) is 14.5. The second-order valence-electron chi connectivity index (χ2n) is 5.06. The first-order valence-electron chi connectivity index (χ1n) is 7.02. The molecule has 3 rings (SSSR count). The van der Waals surface area contributed by atoms with Crippen molar-refractivity contribution >= 4 is 16.6 Å². The Hall–Kier alpha value is -2.99. The van der Waals surface area contributed by atoms with Crippen molar-refractivity contribution in [1.29, 1.82) is 0 Å². The lowest BCUT2D eigenvalue weighted by Gasteiger charge is -2.08. The quantitative estimate of drug-likeness (QED) is 0.575. The molecule has 0 aliphatic rings. The van der Waals surface area contributed by atoms with Crippen LogP contribution in [0.1, 0.15) is 11.1 Å². The molecule has 116 valence electrons. The monoisotopic (exact) mass is 310 g/mol. The molecule has 1 heterocycles. The normalized spacial score (nSPS) is 10.8. The Balaban J connectivity index is 1.73. The number of ether oxygens (including phenoxy) is 1. The number of rotatable bonds is 5. The summed E-state index contributed by atoms with van der Waals surface area (Å²) in [6.45, 7) is 0.593. The van der Waals surface area contributed by atoms with Crippen molar-refractivity contribution < 1.29 is 14.8 Å². The van der Waals surface area contributed by atoms with Crippen molar-refractivity contribution in [2.45, 2.75) is 13.2 Å². The Morgan fingerprint density at radius 2 is 2.00 bits per heavy atom. The molecule has 0 amide bonds. The smallest absolute Gasteiger partial charge is 0.269 e. The predicted molar refractivity (Wildman–Crippen MR) is 85.0 cm³/mol.